The Morgan fingerprint density at radius 1 is 1.21 bits per heavy atom. The molecule has 0 saturated heterocycles. The van der Waals surface area contributed by atoms with Gasteiger partial charge in [-0.1, -0.05) is 12.1 Å². The molecular formula is C14H12FN3O. The topological polar surface area (TPSA) is 51.0 Å². The molecule has 0 saturated carbocycles. The normalized spacial score (nSPS) is 10.8. The molecule has 0 aliphatic rings. The maximum absolute atomic E-state index is 13.5. The van der Waals surface area contributed by atoms with Gasteiger partial charge < -0.3 is 9.73 Å². The number of rotatable bonds is 3. The Hall–Kier alpha value is -2.43. The molecule has 4 nitrogen and oxygen atoms in total. The van der Waals surface area contributed by atoms with E-state index in [1.54, 1.807) is 24.3 Å². The molecule has 0 aliphatic carbocycles. The minimum absolute atomic E-state index is 0.245. The number of anilines is 1. The van der Waals surface area contributed by atoms with Crippen LogP contribution in [0.5, 0.6) is 0 Å². The maximum Gasteiger partial charge on any atom is 0.170 e. The number of benzene rings is 1. The highest BCUT2D eigenvalue weighted by molar-refractivity contribution is 5.82. The summed E-state index contributed by atoms with van der Waals surface area (Å²) in [5.74, 6) is 0.838. The van der Waals surface area contributed by atoms with Gasteiger partial charge in [0.1, 0.15) is 11.5 Å². The third kappa shape index (κ3) is 2.14. The summed E-state index contributed by atoms with van der Waals surface area (Å²) in [7, 11) is 0. The molecule has 0 radical (unpaired) electrons. The number of halogens is 1. The van der Waals surface area contributed by atoms with Crippen molar-refractivity contribution in [1.29, 1.82) is 0 Å². The van der Waals surface area contributed by atoms with E-state index in [0.717, 1.165) is 6.54 Å². The Morgan fingerprint density at radius 3 is 2.79 bits per heavy atom. The zero-order valence-corrected chi connectivity index (χ0v) is 10.4. The minimum Gasteiger partial charge on any atom is -0.451 e. The predicted molar refractivity (Wildman–Crippen MR) is 71.4 cm³/mol. The van der Waals surface area contributed by atoms with Gasteiger partial charge in [-0.2, -0.15) is 0 Å². The molecule has 0 aliphatic heterocycles. The fourth-order valence-electron chi connectivity index (χ4n) is 1.89. The lowest BCUT2D eigenvalue weighted by Crippen LogP contribution is -2.00. The van der Waals surface area contributed by atoms with Crippen LogP contribution in [0.25, 0.3) is 22.4 Å². The molecule has 3 rings (SSSR count). The number of hydrogen-bond acceptors (Lipinski definition) is 4. The van der Waals surface area contributed by atoms with Crippen LogP contribution in [0, 0.1) is 5.82 Å². The van der Waals surface area contributed by atoms with Gasteiger partial charge in [0.25, 0.3) is 0 Å². The smallest absolute Gasteiger partial charge is 0.170 e. The molecule has 0 atom stereocenters. The van der Waals surface area contributed by atoms with Gasteiger partial charge in [-0.15, -0.1) is 10.2 Å². The summed E-state index contributed by atoms with van der Waals surface area (Å²) < 4.78 is 19.0. The molecule has 5 heteroatoms. The summed E-state index contributed by atoms with van der Waals surface area (Å²) in [5, 5.41) is 11.9. The summed E-state index contributed by atoms with van der Waals surface area (Å²) in [5.41, 5.74) is 0.826. The van der Waals surface area contributed by atoms with Gasteiger partial charge in [0.15, 0.2) is 17.2 Å². The van der Waals surface area contributed by atoms with Gasteiger partial charge in [-0.3, -0.25) is 0 Å². The number of nitrogens with one attached hydrogen (secondary N) is 1. The van der Waals surface area contributed by atoms with Crippen molar-refractivity contribution in [2.75, 3.05) is 11.9 Å². The van der Waals surface area contributed by atoms with Crippen LogP contribution in [0.1, 0.15) is 6.92 Å². The predicted octanol–water partition coefficient (Wildman–Crippen LogP) is 3.46. The first kappa shape index (κ1) is 11.6. The minimum atomic E-state index is -0.374. The van der Waals surface area contributed by atoms with Crippen LogP contribution in [0.2, 0.25) is 0 Å². The number of para-hydroxylation sites is 1. The SMILES string of the molecule is CCNc1ccc(-c2cc3cccc(F)c3o2)nn1. The van der Waals surface area contributed by atoms with Crippen molar-refractivity contribution in [1.82, 2.24) is 10.2 Å². The highest BCUT2D eigenvalue weighted by Gasteiger charge is 2.10. The number of furan rings is 1. The molecule has 2 heterocycles. The van der Waals surface area contributed by atoms with Gasteiger partial charge in [0.05, 0.1) is 0 Å². The highest BCUT2D eigenvalue weighted by atomic mass is 19.1. The molecule has 2 aromatic heterocycles. The van der Waals surface area contributed by atoms with Gasteiger partial charge in [0.2, 0.25) is 0 Å². The Bertz CT molecular complexity index is 706. The van der Waals surface area contributed by atoms with Crippen LogP contribution < -0.4 is 5.32 Å². The zero-order valence-electron chi connectivity index (χ0n) is 10.4. The van der Waals surface area contributed by atoms with E-state index in [1.165, 1.54) is 6.07 Å². The lowest BCUT2D eigenvalue weighted by molar-refractivity contribution is 0.567. The summed E-state index contributed by atoms with van der Waals surface area (Å²) in [6.07, 6.45) is 0. The molecule has 96 valence electrons. The van der Waals surface area contributed by atoms with Gasteiger partial charge in [0, 0.05) is 11.9 Å². The average molecular weight is 257 g/mol. The summed E-state index contributed by atoms with van der Waals surface area (Å²) in [6, 6.07) is 10.2. The number of nitrogens with zero attached hydrogens (tertiary/aromatic N) is 2. The van der Waals surface area contributed by atoms with Crippen LogP contribution in [-0.4, -0.2) is 16.7 Å². The highest BCUT2D eigenvalue weighted by Crippen LogP contribution is 2.28. The van der Waals surface area contributed by atoms with E-state index in [4.69, 9.17) is 4.42 Å². The maximum atomic E-state index is 13.5. The van der Waals surface area contributed by atoms with Crippen LogP contribution in [0.15, 0.2) is 40.8 Å². The summed E-state index contributed by atoms with van der Waals surface area (Å²) in [4.78, 5) is 0. The first-order valence-electron chi connectivity index (χ1n) is 6.04. The van der Waals surface area contributed by atoms with Gasteiger partial charge in [-0.05, 0) is 31.2 Å². The largest absolute Gasteiger partial charge is 0.451 e. The molecular weight excluding hydrogens is 245 g/mol. The third-order valence-corrected chi connectivity index (χ3v) is 2.77. The molecule has 0 fully saturated rings. The molecule has 0 spiro atoms. The Labute approximate surface area is 109 Å². The average Bonchev–Trinajstić information content (AvgIpc) is 2.85. The van der Waals surface area contributed by atoms with Crippen LogP contribution >= 0.6 is 0 Å². The lowest BCUT2D eigenvalue weighted by atomic mass is 10.2. The molecule has 0 amide bonds. The first-order chi connectivity index (χ1) is 9.28. The van der Waals surface area contributed by atoms with E-state index in [1.807, 2.05) is 13.0 Å². The molecule has 0 unspecified atom stereocenters. The number of fused-ring (bicyclic) bond motifs is 1. The van der Waals surface area contributed by atoms with Crippen molar-refractivity contribution in [2.45, 2.75) is 6.92 Å². The van der Waals surface area contributed by atoms with E-state index in [9.17, 15) is 4.39 Å². The second-order valence-corrected chi connectivity index (χ2v) is 4.10. The molecule has 0 bridgehead atoms. The van der Waals surface area contributed by atoms with Crippen molar-refractivity contribution < 1.29 is 8.81 Å². The van der Waals surface area contributed by atoms with Crippen molar-refractivity contribution in [2.24, 2.45) is 0 Å². The van der Waals surface area contributed by atoms with Gasteiger partial charge >= 0.3 is 0 Å². The fourth-order valence-corrected chi connectivity index (χ4v) is 1.89. The first-order valence-corrected chi connectivity index (χ1v) is 6.04. The Kier molecular flexibility index (Phi) is 2.87. The second kappa shape index (κ2) is 4.68. The van der Waals surface area contributed by atoms with Crippen LogP contribution in [0.4, 0.5) is 10.2 Å². The fraction of sp³-hybridized carbons (Fsp3) is 0.143. The van der Waals surface area contributed by atoms with Crippen LogP contribution in [0.3, 0.4) is 0 Å². The van der Waals surface area contributed by atoms with Gasteiger partial charge in [-0.25, -0.2) is 4.39 Å². The summed E-state index contributed by atoms with van der Waals surface area (Å²) >= 11 is 0. The molecule has 3 aromatic rings. The van der Waals surface area contributed by atoms with Crippen molar-refractivity contribution >= 4 is 16.8 Å². The third-order valence-electron chi connectivity index (χ3n) is 2.77. The van der Waals surface area contributed by atoms with Crippen molar-refractivity contribution in [3.63, 3.8) is 0 Å². The molecule has 1 aromatic carbocycles. The zero-order chi connectivity index (χ0) is 13.2. The Morgan fingerprint density at radius 2 is 2.11 bits per heavy atom. The monoisotopic (exact) mass is 257 g/mol. The van der Waals surface area contributed by atoms with E-state index in [-0.39, 0.29) is 11.4 Å². The quantitative estimate of drug-likeness (QED) is 0.780. The second-order valence-electron chi connectivity index (χ2n) is 4.10. The van der Waals surface area contributed by atoms with Crippen molar-refractivity contribution in [3.05, 3.63) is 42.2 Å². The standard InChI is InChI=1S/C14H12FN3O/c1-2-16-13-7-6-11(17-18-13)12-8-9-4-3-5-10(15)14(9)19-12/h3-8H,2H2,1H3,(H,16,18). The number of hydrogen-bond donors (Lipinski definition) is 1. The molecule has 19 heavy (non-hydrogen) atoms. The van der Waals surface area contributed by atoms with E-state index >= 15 is 0 Å². The molecule has 1 N–H and O–H groups in total. The van der Waals surface area contributed by atoms with E-state index in [2.05, 4.69) is 15.5 Å². The van der Waals surface area contributed by atoms with E-state index < -0.39 is 0 Å². The van der Waals surface area contributed by atoms with E-state index in [0.29, 0.717) is 22.7 Å². The lowest BCUT2D eigenvalue weighted by Gasteiger charge is -2.00. The summed E-state index contributed by atoms with van der Waals surface area (Å²) in [6.45, 7) is 2.77. The van der Waals surface area contributed by atoms with Crippen molar-refractivity contribution in [3.8, 4) is 11.5 Å². The Balaban J connectivity index is 2.01. The number of aromatic nitrogens is 2. The van der Waals surface area contributed by atoms with Crippen LogP contribution in [-0.2, 0) is 0 Å².